The first-order valence-electron chi connectivity index (χ1n) is 4.59. The van der Waals surface area contributed by atoms with Gasteiger partial charge in [-0.25, -0.2) is 0 Å². The molecule has 0 aliphatic carbocycles. The fourth-order valence-electron chi connectivity index (χ4n) is 1.40. The molecule has 0 atom stereocenters. The van der Waals surface area contributed by atoms with E-state index in [1.54, 1.807) is 7.11 Å². The van der Waals surface area contributed by atoms with Crippen molar-refractivity contribution >= 4 is 11.3 Å². The van der Waals surface area contributed by atoms with Crippen LogP contribution < -0.4 is 9.54 Å². The molecule has 0 radical (unpaired) electrons. The second-order valence-electron chi connectivity index (χ2n) is 3.21. The molecule has 2 rings (SSSR count). The fourth-order valence-corrected chi connectivity index (χ4v) is 2.12. The van der Waals surface area contributed by atoms with E-state index < -0.39 is 0 Å². The smallest absolute Gasteiger partial charge is 0.186 e. The molecule has 0 amide bonds. The molecule has 78 valence electrons. The zero-order valence-electron chi connectivity index (χ0n) is 8.65. The van der Waals surface area contributed by atoms with Gasteiger partial charge in [0, 0.05) is 16.8 Å². The van der Waals surface area contributed by atoms with E-state index in [4.69, 9.17) is 10.1 Å². The Morgan fingerprint density at radius 2 is 1.93 bits per heavy atom. The predicted octanol–water partition coefficient (Wildman–Crippen LogP) is 2.34. The van der Waals surface area contributed by atoms with E-state index in [9.17, 15) is 0 Å². The van der Waals surface area contributed by atoms with Gasteiger partial charge < -0.3 is 4.74 Å². The maximum absolute atomic E-state index is 7.78. The summed E-state index contributed by atoms with van der Waals surface area (Å²) in [7, 11) is 1.65. The molecule has 0 unspecified atom stereocenters. The molecule has 0 bridgehead atoms. The number of hydrogen-bond acceptors (Lipinski definition) is 3. The standard InChI is InChI=1S/C11H12N2OS/c1-8-7-13(11(12)15-8)9-3-5-10(14-2)6-4-9/h3-7,12H,1-2H3. The van der Waals surface area contributed by atoms with Crippen LogP contribution in [-0.4, -0.2) is 11.7 Å². The number of benzene rings is 1. The van der Waals surface area contributed by atoms with Crippen LogP contribution in [0.2, 0.25) is 0 Å². The van der Waals surface area contributed by atoms with Crippen molar-refractivity contribution in [3.8, 4) is 11.4 Å². The Morgan fingerprint density at radius 3 is 2.40 bits per heavy atom. The van der Waals surface area contributed by atoms with E-state index in [2.05, 4.69) is 0 Å². The molecule has 0 fully saturated rings. The predicted molar refractivity (Wildman–Crippen MR) is 60.8 cm³/mol. The zero-order chi connectivity index (χ0) is 10.8. The van der Waals surface area contributed by atoms with Crippen molar-refractivity contribution in [1.82, 2.24) is 4.57 Å². The van der Waals surface area contributed by atoms with E-state index in [1.165, 1.54) is 11.3 Å². The molecule has 0 spiro atoms. The summed E-state index contributed by atoms with van der Waals surface area (Å²) in [6.45, 7) is 2.00. The van der Waals surface area contributed by atoms with Gasteiger partial charge in [0.25, 0.3) is 0 Å². The number of thiazole rings is 1. The minimum atomic E-state index is 0.540. The Balaban J connectivity index is 2.45. The average Bonchev–Trinajstić information content (AvgIpc) is 2.58. The zero-order valence-corrected chi connectivity index (χ0v) is 9.47. The lowest BCUT2D eigenvalue weighted by molar-refractivity contribution is 0.414. The summed E-state index contributed by atoms with van der Waals surface area (Å²) in [5, 5.41) is 7.78. The van der Waals surface area contributed by atoms with Crippen LogP contribution in [0.3, 0.4) is 0 Å². The molecular weight excluding hydrogens is 208 g/mol. The number of nitrogens with one attached hydrogen (secondary N) is 1. The lowest BCUT2D eigenvalue weighted by Crippen LogP contribution is -2.08. The van der Waals surface area contributed by atoms with Crippen molar-refractivity contribution in [2.45, 2.75) is 6.92 Å². The maximum atomic E-state index is 7.78. The van der Waals surface area contributed by atoms with Crippen molar-refractivity contribution in [3.63, 3.8) is 0 Å². The Hall–Kier alpha value is -1.55. The van der Waals surface area contributed by atoms with Crippen LogP contribution in [0, 0.1) is 12.3 Å². The number of rotatable bonds is 2. The van der Waals surface area contributed by atoms with Gasteiger partial charge in [0.2, 0.25) is 0 Å². The van der Waals surface area contributed by atoms with Crippen LogP contribution >= 0.6 is 11.3 Å². The number of aryl methyl sites for hydroxylation is 1. The number of aromatic nitrogens is 1. The van der Waals surface area contributed by atoms with Crippen molar-refractivity contribution in [2.24, 2.45) is 0 Å². The summed E-state index contributed by atoms with van der Waals surface area (Å²) in [5.41, 5.74) is 0.991. The van der Waals surface area contributed by atoms with Crippen LogP contribution in [-0.2, 0) is 0 Å². The molecule has 3 nitrogen and oxygen atoms in total. The first-order chi connectivity index (χ1) is 7.20. The lowest BCUT2D eigenvalue weighted by Gasteiger charge is -2.03. The molecule has 0 saturated carbocycles. The van der Waals surface area contributed by atoms with Gasteiger partial charge in [0.15, 0.2) is 4.80 Å². The molecule has 1 N–H and O–H groups in total. The minimum absolute atomic E-state index is 0.540. The second kappa shape index (κ2) is 3.90. The molecule has 1 aromatic carbocycles. The number of ether oxygens (including phenoxy) is 1. The Morgan fingerprint density at radius 1 is 1.27 bits per heavy atom. The molecule has 2 aromatic rings. The topological polar surface area (TPSA) is 38.0 Å². The number of methoxy groups -OCH3 is 1. The number of hydrogen-bond donors (Lipinski definition) is 1. The molecule has 0 aliphatic rings. The van der Waals surface area contributed by atoms with Gasteiger partial charge in [0.05, 0.1) is 7.11 Å². The van der Waals surface area contributed by atoms with Crippen molar-refractivity contribution in [2.75, 3.05) is 7.11 Å². The third-order valence-corrected chi connectivity index (χ3v) is 2.96. The van der Waals surface area contributed by atoms with Crippen LogP contribution in [0.1, 0.15) is 4.88 Å². The highest BCUT2D eigenvalue weighted by molar-refractivity contribution is 7.09. The van der Waals surface area contributed by atoms with Gasteiger partial charge in [-0.15, -0.1) is 11.3 Å². The molecule has 0 saturated heterocycles. The Bertz CT molecular complexity index is 510. The summed E-state index contributed by atoms with van der Waals surface area (Å²) < 4.78 is 6.95. The van der Waals surface area contributed by atoms with Crippen molar-refractivity contribution in [1.29, 1.82) is 5.41 Å². The van der Waals surface area contributed by atoms with Crippen LogP contribution in [0.5, 0.6) is 5.75 Å². The first kappa shape index (κ1) is 9.98. The van der Waals surface area contributed by atoms with E-state index in [0.717, 1.165) is 16.3 Å². The minimum Gasteiger partial charge on any atom is -0.497 e. The second-order valence-corrected chi connectivity index (χ2v) is 4.45. The Kier molecular flexibility index (Phi) is 2.60. The van der Waals surface area contributed by atoms with Crippen LogP contribution in [0.15, 0.2) is 30.5 Å². The molecular formula is C11H12N2OS. The highest BCUT2D eigenvalue weighted by atomic mass is 32.1. The Labute approximate surface area is 92.1 Å². The van der Waals surface area contributed by atoms with Gasteiger partial charge >= 0.3 is 0 Å². The summed E-state index contributed by atoms with van der Waals surface area (Å²) >= 11 is 1.47. The first-order valence-corrected chi connectivity index (χ1v) is 5.40. The van der Waals surface area contributed by atoms with Crippen LogP contribution in [0.4, 0.5) is 0 Å². The summed E-state index contributed by atoms with van der Waals surface area (Å²) in [6.07, 6.45) is 1.97. The summed E-state index contributed by atoms with van der Waals surface area (Å²) in [4.78, 5) is 1.67. The van der Waals surface area contributed by atoms with E-state index in [1.807, 2.05) is 42.0 Å². The van der Waals surface area contributed by atoms with Gasteiger partial charge in [-0.3, -0.25) is 9.98 Å². The quantitative estimate of drug-likeness (QED) is 0.828. The van der Waals surface area contributed by atoms with E-state index in [0.29, 0.717) is 4.80 Å². The van der Waals surface area contributed by atoms with Gasteiger partial charge in [-0.2, -0.15) is 0 Å². The molecule has 0 aliphatic heterocycles. The highest BCUT2D eigenvalue weighted by Crippen LogP contribution is 2.15. The largest absolute Gasteiger partial charge is 0.497 e. The van der Waals surface area contributed by atoms with Gasteiger partial charge in [-0.05, 0) is 31.2 Å². The fraction of sp³-hybridized carbons (Fsp3) is 0.182. The third kappa shape index (κ3) is 1.94. The van der Waals surface area contributed by atoms with E-state index in [-0.39, 0.29) is 0 Å². The molecule has 4 heteroatoms. The highest BCUT2D eigenvalue weighted by Gasteiger charge is 2.00. The molecule has 1 heterocycles. The summed E-state index contributed by atoms with van der Waals surface area (Å²) in [6, 6.07) is 7.69. The van der Waals surface area contributed by atoms with Gasteiger partial charge in [-0.1, -0.05) is 0 Å². The third-order valence-electron chi connectivity index (χ3n) is 2.14. The van der Waals surface area contributed by atoms with Crippen LogP contribution in [0.25, 0.3) is 5.69 Å². The lowest BCUT2D eigenvalue weighted by atomic mass is 10.3. The van der Waals surface area contributed by atoms with Gasteiger partial charge in [0.1, 0.15) is 5.75 Å². The number of nitrogens with zero attached hydrogens (tertiary/aromatic N) is 1. The monoisotopic (exact) mass is 220 g/mol. The van der Waals surface area contributed by atoms with Crippen molar-refractivity contribution < 1.29 is 4.74 Å². The summed E-state index contributed by atoms with van der Waals surface area (Å²) in [5.74, 6) is 0.831. The van der Waals surface area contributed by atoms with E-state index >= 15 is 0 Å². The normalized spacial score (nSPS) is 10.3. The average molecular weight is 220 g/mol. The molecule has 1 aromatic heterocycles. The maximum Gasteiger partial charge on any atom is 0.186 e. The van der Waals surface area contributed by atoms with Crippen molar-refractivity contribution in [3.05, 3.63) is 40.1 Å². The molecule has 15 heavy (non-hydrogen) atoms. The SMILES string of the molecule is COc1ccc(-n2cc(C)sc2=N)cc1.